The van der Waals surface area contributed by atoms with E-state index >= 15 is 0 Å². The molecule has 0 aromatic carbocycles. The topological polar surface area (TPSA) is 63.8 Å². The van der Waals surface area contributed by atoms with Crippen molar-refractivity contribution in [2.75, 3.05) is 5.32 Å². The number of thiophene rings is 1. The molecular weight excluding hydrogens is 292 g/mol. The van der Waals surface area contributed by atoms with E-state index < -0.39 is 0 Å². The first-order chi connectivity index (χ1) is 10.7. The summed E-state index contributed by atoms with van der Waals surface area (Å²) in [6.45, 7) is 2.35. The minimum absolute atomic E-state index is 0.387. The van der Waals surface area contributed by atoms with Crippen LogP contribution in [0.25, 0.3) is 10.2 Å². The monoisotopic (exact) mass is 316 g/mol. The maximum Gasteiger partial charge on any atom is 0.138 e. The normalized spacial score (nSPS) is 28.5. The summed E-state index contributed by atoms with van der Waals surface area (Å²) in [4.78, 5) is 11.8. The van der Waals surface area contributed by atoms with Crippen LogP contribution in [0.15, 0.2) is 6.33 Å². The lowest BCUT2D eigenvalue weighted by Gasteiger charge is -2.27. The van der Waals surface area contributed by atoms with Crippen LogP contribution in [0.2, 0.25) is 0 Å². The second-order valence-corrected chi connectivity index (χ2v) is 8.09. The standard InChI is InChI=1S/C17H24N4S/c1-10-2-7-14-13(8-10)15-16(19-9-20-17(15)22-14)21-12-5-3-11(18)4-6-12/h9-12H,2-8,18H2,1H3,(H,19,20,21). The lowest BCUT2D eigenvalue weighted by Crippen LogP contribution is -2.33. The highest BCUT2D eigenvalue weighted by molar-refractivity contribution is 7.19. The van der Waals surface area contributed by atoms with E-state index in [0.717, 1.165) is 42.2 Å². The minimum Gasteiger partial charge on any atom is -0.367 e. The van der Waals surface area contributed by atoms with E-state index in [1.54, 1.807) is 6.33 Å². The third kappa shape index (κ3) is 2.61. The van der Waals surface area contributed by atoms with Crippen molar-refractivity contribution in [1.82, 2.24) is 9.97 Å². The second kappa shape index (κ2) is 5.78. The van der Waals surface area contributed by atoms with Gasteiger partial charge in [0.25, 0.3) is 0 Å². The number of hydrogen-bond acceptors (Lipinski definition) is 5. The van der Waals surface area contributed by atoms with Crippen LogP contribution < -0.4 is 11.1 Å². The number of nitrogens with one attached hydrogen (secondary N) is 1. The van der Waals surface area contributed by atoms with Crippen LogP contribution in [0.5, 0.6) is 0 Å². The minimum atomic E-state index is 0.387. The molecule has 5 heteroatoms. The van der Waals surface area contributed by atoms with Crippen LogP contribution in [-0.2, 0) is 12.8 Å². The third-order valence-electron chi connectivity index (χ3n) is 5.20. The van der Waals surface area contributed by atoms with Crippen LogP contribution in [0.4, 0.5) is 5.82 Å². The van der Waals surface area contributed by atoms with Gasteiger partial charge in [0.05, 0.1) is 5.39 Å². The first kappa shape index (κ1) is 14.4. The first-order valence-electron chi connectivity index (χ1n) is 8.48. The van der Waals surface area contributed by atoms with Gasteiger partial charge in [0.1, 0.15) is 17.0 Å². The van der Waals surface area contributed by atoms with E-state index in [1.807, 2.05) is 11.3 Å². The van der Waals surface area contributed by atoms with E-state index in [-0.39, 0.29) is 0 Å². The highest BCUT2D eigenvalue weighted by Gasteiger charge is 2.25. The van der Waals surface area contributed by atoms with Gasteiger partial charge in [-0.3, -0.25) is 0 Å². The summed E-state index contributed by atoms with van der Waals surface area (Å²) in [7, 11) is 0. The number of fused-ring (bicyclic) bond motifs is 3. The van der Waals surface area contributed by atoms with Gasteiger partial charge in [0, 0.05) is 17.0 Å². The summed E-state index contributed by atoms with van der Waals surface area (Å²) in [5.74, 6) is 1.82. The molecule has 0 bridgehead atoms. The molecule has 0 spiro atoms. The third-order valence-corrected chi connectivity index (χ3v) is 6.40. The average Bonchev–Trinajstić information content (AvgIpc) is 2.88. The zero-order valence-corrected chi connectivity index (χ0v) is 14.0. The zero-order chi connectivity index (χ0) is 15.1. The van der Waals surface area contributed by atoms with Crippen molar-refractivity contribution in [3.05, 3.63) is 16.8 Å². The maximum atomic E-state index is 6.02. The fourth-order valence-electron chi connectivity index (χ4n) is 3.85. The molecule has 0 radical (unpaired) electrons. The van der Waals surface area contributed by atoms with E-state index in [2.05, 4.69) is 22.2 Å². The molecule has 2 aliphatic carbocycles. The lowest BCUT2D eigenvalue weighted by molar-refractivity contribution is 0.410. The Labute approximate surface area is 135 Å². The lowest BCUT2D eigenvalue weighted by atomic mass is 9.88. The maximum absolute atomic E-state index is 6.02. The molecule has 3 N–H and O–H groups in total. The van der Waals surface area contributed by atoms with E-state index in [9.17, 15) is 0 Å². The molecule has 1 unspecified atom stereocenters. The second-order valence-electron chi connectivity index (χ2n) is 7.01. The molecule has 0 saturated heterocycles. The number of aromatic nitrogens is 2. The Hall–Kier alpha value is -1.20. The number of nitrogens with zero attached hydrogens (tertiary/aromatic N) is 2. The Balaban J connectivity index is 1.67. The quantitative estimate of drug-likeness (QED) is 0.890. The van der Waals surface area contributed by atoms with Gasteiger partial charge in [-0.2, -0.15) is 0 Å². The van der Waals surface area contributed by atoms with Crippen LogP contribution in [0.3, 0.4) is 0 Å². The highest BCUT2D eigenvalue weighted by Crippen LogP contribution is 2.40. The molecule has 1 atom stereocenters. The molecular formula is C17H24N4S. The van der Waals surface area contributed by atoms with Gasteiger partial charge in [0.2, 0.25) is 0 Å². The molecule has 22 heavy (non-hydrogen) atoms. The molecule has 2 aliphatic rings. The number of anilines is 1. The van der Waals surface area contributed by atoms with Crippen LogP contribution in [0, 0.1) is 5.92 Å². The van der Waals surface area contributed by atoms with Crippen molar-refractivity contribution >= 4 is 27.4 Å². The zero-order valence-electron chi connectivity index (χ0n) is 13.1. The summed E-state index contributed by atoms with van der Waals surface area (Å²) in [5.41, 5.74) is 7.53. The Kier molecular flexibility index (Phi) is 3.78. The predicted octanol–water partition coefficient (Wildman–Crippen LogP) is 3.50. The molecule has 4 rings (SSSR count). The van der Waals surface area contributed by atoms with Crippen molar-refractivity contribution in [2.24, 2.45) is 11.7 Å². The molecule has 0 aliphatic heterocycles. The first-order valence-corrected chi connectivity index (χ1v) is 9.29. The van der Waals surface area contributed by atoms with Gasteiger partial charge < -0.3 is 11.1 Å². The molecule has 2 heterocycles. The number of hydrogen-bond donors (Lipinski definition) is 2. The molecule has 4 nitrogen and oxygen atoms in total. The summed E-state index contributed by atoms with van der Waals surface area (Å²) >= 11 is 1.87. The summed E-state index contributed by atoms with van der Waals surface area (Å²) in [6.07, 6.45) is 9.92. The smallest absolute Gasteiger partial charge is 0.138 e. The summed E-state index contributed by atoms with van der Waals surface area (Å²) in [5, 5.41) is 4.99. The average molecular weight is 316 g/mol. The number of rotatable bonds is 2. The highest BCUT2D eigenvalue weighted by atomic mass is 32.1. The van der Waals surface area contributed by atoms with Crippen molar-refractivity contribution in [3.8, 4) is 0 Å². The molecule has 0 amide bonds. The largest absolute Gasteiger partial charge is 0.367 e. The number of nitrogens with two attached hydrogens (primary N) is 1. The van der Waals surface area contributed by atoms with Crippen LogP contribution >= 0.6 is 11.3 Å². The Morgan fingerprint density at radius 3 is 2.82 bits per heavy atom. The van der Waals surface area contributed by atoms with E-state index in [1.165, 1.54) is 35.1 Å². The van der Waals surface area contributed by atoms with Crippen LogP contribution in [0.1, 0.15) is 49.5 Å². The van der Waals surface area contributed by atoms with Crippen molar-refractivity contribution in [2.45, 2.75) is 64.0 Å². The van der Waals surface area contributed by atoms with Crippen molar-refractivity contribution in [3.63, 3.8) is 0 Å². The molecule has 2 aromatic heterocycles. The molecule has 118 valence electrons. The summed E-state index contributed by atoms with van der Waals surface area (Å²) < 4.78 is 0. The van der Waals surface area contributed by atoms with Crippen LogP contribution in [-0.4, -0.2) is 22.1 Å². The fraction of sp³-hybridized carbons (Fsp3) is 0.647. The molecule has 1 fully saturated rings. The molecule has 1 saturated carbocycles. The van der Waals surface area contributed by atoms with Gasteiger partial charge in [-0.05, 0) is 56.4 Å². The van der Waals surface area contributed by atoms with E-state index in [0.29, 0.717) is 12.1 Å². The van der Waals surface area contributed by atoms with Crippen molar-refractivity contribution in [1.29, 1.82) is 0 Å². The predicted molar refractivity (Wildman–Crippen MR) is 92.5 cm³/mol. The molecule has 2 aromatic rings. The van der Waals surface area contributed by atoms with Crippen molar-refractivity contribution < 1.29 is 0 Å². The van der Waals surface area contributed by atoms with Gasteiger partial charge >= 0.3 is 0 Å². The Morgan fingerprint density at radius 1 is 1.18 bits per heavy atom. The van der Waals surface area contributed by atoms with Gasteiger partial charge in [-0.1, -0.05) is 6.92 Å². The van der Waals surface area contributed by atoms with Gasteiger partial charge in [-0.25, -0.2) is 9.97 Å². The SMILES string of the molecule is CC1CCc2sc3ncnc(NC4CCC(N)CC4)c3c2C1. The van der Waals surface area contributed by atoms with Gasteiger partial charge in [0.15, 0.2) is 0 Å². The van der Waals surface area contributed by atoms with Gasteiger partial charge in [-0.15, -0.1) is 11.3 Å². The number of aryl methyl sites for hydroxylation is 1. The van der Waals surface area contributed by atoms with E-state index in [4.69, 9.17) is 5.73 Å². The summed E-state index contributed by atoms with van der Waals surface area (Å²) in [6, 6.07) is 0.896. The Bertz CT molecular complexity index is 673. The Morgan fingerprint density at radius 2 is 2.00 bits per heavy atom. The fourth-order valence-corrected chi connectivity index (χ4v) is 5.03.